The highest BCUT2D eigenvalue weighted by atomic mass is 32.2. The molecule has 1 aliphatic heterocycles. The van der Waals surface area contributed by atoms with Gasteiger partial charge in [0.25, 0.3) is 20.0 Å². The van der Waals surface area contributed by atoms with Gasteiger partial charge in [0.1, 0.15) is 0 Å². The molecule has 1 N–H and O–H groups in total. The summed E-state index contributed by atoms with van der Waals surface area (Å²) in [7, 11) is -7.67. The molecule has 34 heavy (non-hydrogen) atoms. The lowest BCUT2D eigenvalue weighted by atomic mass is 10.0. The van der Waals surface area contributed by atoms with E-state index in [2.05, 4.69) is 4.72 Å². The molecular weight excluding hydrogens is 468 g/mol. The maximum Gasteiger partial charge on any atom is 0.264 e. The molecule has 0 aromatic heterocycles. The van der Waals surface area contributed by atoms with Crippen LogP contribution in [0.15, 0.2) is 94.7 Å². The first kappa shape index (κ1) is 22.4. The Balaban J connectivity index is 1.53. The zero-order valence-electron chi connectivity index (χ0n) is 18.6. The summed E-state index contributed by atoms with van der Waals surface area (Å²) in [5, 5.41) is 1.45. The highest BCUT2D eigenvalue weighted by molar-refractivity contribution is 7.93. The number of sulfonamides is 2. The Morgan fingerprint density at radius 1 is 0.824 bits per heavy atom. The second kappa shape index (κ2) is 8.45. The van der Waals surface area contributed by atoms with Crippen molar-refractivity contribution in [1.82, 2.24) is 0 Å². The summed E-state index contributed by atoms with van der Waals surface area (Å²) in [5.74, 6) is 0. The number of fused-ring (bicyclic) bond motifs is 2. The molecular formula is C26H24N2O4S2. The van der Waals surface area contributed by atoms with Crippen LogP contribution in [0, 0.1) is 6.92 Å². The molecule has 0 aliphatic carbocycles. The van der Waals surface area contributed by atoms with E-state index in [1.807, 2.05) is 25.1 Å². The van der Waals surface area contributed by atoms with Gasteiger partial charge < -0.3 is 0 Å². The fourth-order valence-corrected chi connectivity index (χ4v) is 7.14. The van der Waals surface area contributed by atoms with Gasteiger partial charge in [-0.05, 0) is 61.0 Å². The molecule has 0 saturated heterocycles. The van der Waals surface area contributed by atoms with Crippen LogP contribution in [-0.4, -0.2) is 23.4 Å². The number of anilines is 2. The second-order valence-corrected chi connectivity index (χ2v) is 11.9. The van der Waals surface area contributed by atoms with Crippen LogP contribution in [0.25, 0.3) is 10.8 Å². The van der Waals surface area contributed by atoms with E-state index in [9.17, 15) is 16.8 Å². The normalized spacial score (nSPS) is 14.1. The lowest BCUT2D eigenvalue weighted by Crippen LogP contribution is -2.35. The Kier molecular flexibility index (Phi) is 5.58. The van der Waals surface area contributed by atoms with E-state index < -0.39 is 20.0 Å². The van der Waals surface area contributed by atoms with Crippen molar-refractivity contribution in [3.63, 3.8) is 0 Å². The third-order valence-electron chi connectivity index (χ3n) is 6.06. The topological polar surface area (TPSA) is 83.6 Å². The van der Waals surface area contributed by atoms with E-state index in [0.717, 1.165) is 22.9 Å². The monoisotopic (exact) mass is 492 g/mol. The molecule has 8 heteroatoms. The quantitative estimate of drug-likeness (QED) is 0.421. The number of benzene rings is 4. The number of aryl methyl sites for hydroxylation is 2. The smallest absolute Gasteiger partial charge is 0.264 e. The molecule has 0 saturated carbocycles. The van der Waals surface area contributed by atoms with Gasteiger partial charge in [0.15, 0.2) is 0 Å². The fraction of sp³-hybridized carbons (Fsp3) is 0.154. The minimum Gasteiger partial charge on any atom is -0.280 e. The van der Waals surface area contributed by atoms with E-state index in [1.54, 1.807) is 66.7 Å². The number of nitrogens with one attached hydrogen (secondary N) is 1. The third kappa shape index (κ3) is 4.03. The first-order valence-corrected chi connectivity index (χ1v) is 13.9. The molecule has 4 aromatic carbocycles. The third-order valence-corrected chi connectivity index (χ3v) is 9.33. The van der Waals surface area contributed by atoms with Gasteiger partial charge in [-0.15, -0.1) is 0 Å². The SMILES string of the molecule is Cc1ccc(S(=O)(=O)N2CCCc3ccc(NS(=O)(=O)c4cccc5ccccc45)cc32)cc1. The number of hydrogen-bond acceptors (Lipinski definition) is 4. The predicted molar refractivity (Wildman–Crippen MR) is 135 cm³/mol. The Labute approximate surface area is 200 Å². The van der Waals surface area contributed by atoms with E-state index in [1.165, 1.54) is 4.31 Å². The molecule has 174 valence electrons. The van der Waals surface area contributed by atoms with Crippen molar-refractivity contribution in [1.29, 1.82) is 0 Å². The Morgan fingerprint density at radius 3 is 2.35 bits per heavy atom. The van der Waals surface area contributed by atoms with Crippen molar-refractivity contribution in [3.05, 3.63) is 96.1 Å². The van der Waals surface area contributed by atoms with Gasteiger partial charge in [-0.2, -0.15) is 0 Å². The summed E-state index contributed by atoms with van der Waals surface area (Å²) in [6.07, 6.45) is 1.42. The van der Waals surface area contributed by atoms with Gasteiger partial charge in [-0.1, -0.05) is 60.2 Å². The summed E-state index contributed by atoms with van der Waals surface area (Å²) in [5.41, 5.74) is 2.67. The van der Waals surface area contributed by atoms with E-state index in [0.29, 0.717) is 29.7 Å². The molecule has 5 rings (SSSR count). The van der Waals surface area contributed by atoms with Crippen LogP contribution in [0.4, 0.5) is 11.4 Å². The molecule has 4 aromatic rings. The Bertz CT molecular complexity index is 1590. The maximum absolute atomic E-state index is 13.4. The van der Waals surface area contributed by atoms with Gasteiger partial charge in [-0.3, -0.25) is 9.03 Å². The molecule has 1 heterocycles. The van der Waals surface area contributed by atoms with Crippen molar-refractivity contribution in [2.45, 2.75) is 29.6 Å². The van der Waals surface area contributed by atoms with Crippen molar-refractivity contribution in [2.24, 2.45) is 0 Å². The minimum absolute atomic E-state index is 0.174. The lowest BCUT2D eigenvalue weighted by molar-refractivity contribution is 0.586. The molecule has 0 radical (unpaired) electrons. The van der Waals surface area contributed by atoms with Crippen LogP contribution in [0.1, 0.15) is 17.5 Å². The highest BCUT2D eigenvalue weighted by Crippen LogP contribution is 2.35. The van der Waals surface area contributed by atoms with E-state index in [4.69, 9.17) is 0 Å². The average molecular weight is 493 g/mol. The summed E-state index contributed by atoms with van der Waals surface area (Å²) in [6, 6.07) is 24.3. The first-order chi connectivity index (χ1) is 16.3. The van der Waals surface area contributed by atoms with Crippen LogP contribution >= 0.6 is 0 Å². The Hall–Kier alpha value is -3.36. The molecule has 1 aliphatic rings. The molecule has 0 spiro atoms. The highest BCUT2D eigenvalue weighted by Gasteiger charge is 2.30. The Morgan fingerprint density at radius 2 is 1.56 bits per heavy atom. The van der Waals surface area contributed by atoms with Crippen molar-refractivity contribution >= 4 is 42.2 Å². The molecule has 0 amide bonds. The van der Waals surface area contributed by atoms with Gasteiger partial charge in [0, 0.05) is 11.9 Å². The van der Waals surface area contributed by atoms with E-state index in [-0.39, 0.29) is 9.79 Å². The molecule has 0 atom stereocenters. The summed E-state index contributed by atoms with van der Waals surface area (Å²) >= 11 is 0. The van der Waals surface area contributed by atoms with Gasteiger partial charge in [-0.25, -0.2) is 16.8 Å². The zero-order chi connectivity index (χ0) is 23.9. The number of nitrogens with zero attached hydrogens (tertiary/aromatic N) is 1. The molecule has 0 fully saturated rings. The second-order valence-electron chi connectivity index (χ2n) is 8.42. The average Bonchev–Trinajstić information content (AvgIpc) is 2.83. The standard InChI is InChI=1S/C26H24N2O4S2/c1-19-11-15-23(16-12-19)34(31,32)28-17-5-8-21-13-14-22(18-25(21)28)27-33(29,30)26-10-4-7-20-6-2-3-9-24(20)26/h2-4,6-7,9-16,18,27H,5,8,17H2,1H3. The first-order valence-electron chi connectivity index (χ1n) is 11.0. The van der Waals surface area contributed by atoms with Crippen LogP contribution < -0.4 is 9.03 Å². The van der Waals surface area contributed by atoms with Crippen LogP contribution in [0.2, 0.25) is 0 Å². The minimum atomic E-state index is -3.89. The molecule has 0 bridgehead atoms. The van der Waals surface area contributed by atoms with Gasteiger partial charge in [0.05, 0.1) is 21.2 Å². The van der Waals surface area contributed by atoms with Crippen molar-refractivity contribution in [3.8, 4) is 0 Å². The predicted octanol–water partition coefficient (Wildman–Crippen LogP) is 5.09. The summed E-state index contributed by atoms with van der Waals surface area (Å²) in [4.78, 5) is 0.389. The number of rotatable bonds is 5. The molecule has 6 nitrogen and oxygen atoms in total. The summed E-state index contributed by atoms with van der Waals surface area (Å²) < 4.78 is 57.4. The van der Waals surface area contributed by atoms with Gasteiger partial charge >= 0.3 is 0 Å². The zero-order valence-corrected chi connectivity index (χ0v) is 20.2. The van der Waals surface area contributed by atoms with E-state index >= 15 is 0 Å². The molecule has 0 unspecified atom stereocenters. The van der Waals surface area contributed by atoms with Crippen molar-refractivity contribution in [2.75, 3.05) is 15.6 Å². The number of hydrogen-bond donors (Lipinski definition) is 1. The largest absolute Gasteiger partial charge is 0.280 e. The van der Waals surface area contributed by atoms with Gasteiger partial charge in [0.2, 0.25) is 0 Å². The maximum atomic E-state index is 13.4. The van der Waals surface area contributed by atoms with Crippen molar-refractivity contribution < 1.29 is 16.8 Å². The van der Waals surface area contributed by atoms with Crippen LogP contribution in [0.5, 0.6) is 0 Å². The van der Waals surface area contributed by atoms with Crippen LogP contribution in [-0.2, 0) is 26.5 Å². The lowest BCUT2D eigenvalue weighted by Gasteiger charge is -2.31. The fourth-order valence-electron chi connectivity index (χ4n) is 4.33. The van der Waals surface area contributed by atoms with Crippen LogP contribution in [0.3, 0.4) is 0 Å². The summed E-state index contributed by atoms with van der Waals surface area (Å²) in [6.45, 7) is 2.24.